The van der Waals surface area contributed by atoms with Crippen LogP contribution in [0.5, 0.6) is 0 Å². The van der Waals surface area contributed by atoms with E-state index in [1.807, 2.05) is 0 Å². The zero-order valence-electron chi connectivity index (χ0n) is 7.16. The van der Waals surface area contributed by atoms with Gasteiger partial charge in [-0.1, -0.05) is 0 Å². The van der Waals surface area contributed by atoms with Crippen molar-refractivity contribution < 1.29 is 2.85 Å². The van der Waals surface area contributed by atoms with Crippen LogP contribution in [-0.2, 0) is 0 Å². The van der Waals surface area contributed by atoms with Crippen LogP contribution >= 0.6 is 23.2 Å². The summed E-state index contributed by atoms with van der Waals surface area (Å²) < 4.78 is 0. The summed E-state index contributed by atoms with van der Waals surface area (Å²) in [5, 5.41) is 1.45. The number of alkyl halides is 2. The molecule has 0 bridgehead atoms. The van der Waals surface area contributed by atoms with Gasteiger partial charge in [0.25, 0.3) is 0 Å². The molecule has 0 N–H and O–H groups in total. The normalized spacial score (nSPS) is 7.62. The van der Waals surface area contributed by atoms with Gasteiger partial charge in [-0.2, -0.15) is 0 Å². The number of hydrogen-bond acceptors (Lipinski definition) is 0. The smallest absolute Gasteiger partial charge is 0.0967 e. The summed E-state index contributed by atoms with van der Waals surface area (Å²) in [4.78, 5) is 0. The molecule has 0 nitrogen and oxygen atoms in total. The summed E-state index contributed by atoms with van der Waals surface area (Å²) in [5.41, 5.74) is 0. The van der Waals surface area contributed by atoms with E-state index in [4.69, 9.17) is 23.2 Å². The Balaban J connectivity index is -0.0000000326. The summed E-state index contributed by atoms with van der Waals surface area (Å²) in [5.74, 6) is 0. The standard InChI is InChI=1S/C4H9.CH2Cl2.Al.2H/c1-3-4-2;2-1-3;;;/h1,3-4H2,2H3;1H2;;;/q;;+2;2*-1. The van der Waals surface area contributed by atoms with Crippen LogP contribution < -0.4 is 0 Å². The zero-order valence-corrected chi connectivity index (χ0v) is 7.83. The topological polar surface area (TPSA) is 0 Å². The molecular formula is C5H13AlCl2. The Kier molecular flexibility index (Phi) is 23.3. The van der Waals surface area contributed by atoms with Crippen molar-refractivity contribution in [2.75, 3.05) is 5.34 Å². The minimum absolute atomic E-state index is 0. The molecule has 0 aromatic carbocycles. The van der Waals surface area contributed by atoms with Crippen LogP contribution in [0.25, 0.3) is 0 Å². The fourth-order valence-electron chi connectivity index (χ4n) is 0.204. The Hall–Kier alpha value is 1.11. The molecular weight excluding hydrogens is 158 g/mol. The molecule has 0 aliphatic carbocycles. The first kappa shape index (κ1) is 11.9. The molecule has 0 unspecified atom stereocenters. The SMILES string of the molecule is CCC[CH2][Al+2].ClCCl.[H-].[H-]. The average molecular weight is 171 g/mol. The summed E-state index contributed by atoms with van der Waals surface area (Å²) in [7, 11) is 0. The minimum Gasteiger partial charge on any atom is -1.00 e. The molecule has 0 saturated carbocycles. The first-order valence-electron chi connectivity index (χ1n) is 2.65. The van der Waals surface area contributed by atoms with E-state index in [9.17, 15) is 0 Å². The fourth-order valence-corrected chi connectivity index (χ4v) is 0.612. The third kappa shape index (κ3) is 27.4. The van der Waals surface area contributed by atoms with Gasteiger partial charge in [0.2, 0.25) is 0 Å². The molecule has 0 aromatic heterocycles. The fraction of sp³-hybridized carbons (Fsp3) is 1.00. The van der Waals surface area contributed by atoms with Crippen LogP contribution in [0.4, 0.5) is 0 Å². The number of unbranched alkanes of at least 4 members (excludes halogenated alkanes) is 1. The Morgan fingerprint density at radius 2 is 1.88 bits per heavy atom. The molecule has 0 aromatic rings. The van der Waals surface area contributed by atoms with E-state index in [2.05, 4.69) is 23.2 Å². The Morgan fingerprint density at radius 3 is 1.88 bits per heavy atom. The van der Waals surface area contributed by atoms with Gasteiger partial charge in [0.1, 0.15) is 0 Å². The van der Waals surface area contributed by atoms with Gasteiger partial charge in [0.15, 0.2) is 0 Å². The van der Waals surface area contributed by atoms with E-state index < -0.39 is 0 Å². The molecule has 50 valence electrons. The summed E-state index contributed by atoms with van der Waals surface area (Å²) in [6.45, 7) is 2.20. The maximum absolute atomic E-state index is 4.76. The van der Waals surface area contributed by atoms with Gasteiger partial charge in [-0.15, -0.1) is 23.2 Å². The molecule has 0 rings (SSSR count). The molecule has 0 aliphatic rings. The monoisotopic (exact) mass is 170 g/mol. The van der Waals surface area contributed by atoms with Crippen LogP contribution in [0.2, 0.25) is 5.28 Å². The molecule has 0 radical (unpaired) electrons. The van der Waals surface area contributed by atoms with Gasteiger partial charge >= 0.3 is 41.3 Å². The second-order valence-electron chi connectivity index (χ2n) is 1.24. The molecule has 0 amide bonds. The average Bonchev–Trinajstić information content (AvgIpc) is 1.71. The second-order valence-corrected chi connectivity index (χ2v) is 2.63. The van der Waals surface area contributed by atoms with Crippen molar-refractivity contribution in [1.82, 2.24) is 0 Å². The van der Waals surface area contributed by atoms with Crippen molar-refractivity contribution in [3.63, 3.8) is 0 Å². The maximum atomic E-state index is 4.76. The maximum Gasteiger partial charge on any atom is 0.0967 e. The van der Waals surface area contributed by atoms with Crippen molar-refractivity contribution in [3.8, 4) is 0 Å². The van der Waals surface area contributed by atoms with Crippen LogP contribution in [0.15, 0.2) is 0 Å². The van der Waals surface area contributed by atoms with Crippen molar-refractivity contribution in [2.24, 2.45) is 0 Å². The molecule has 0 saturated heterocycles. The third-order valence-electron chi connectivity index (χ3n) is 0.558. The predicted octanol–water partition coefficient (Wildman–Crippen LogP) is 3.02. The van der Waals surface area contributed by atoms with Crippen LogP contribution in [0.3, 0.4) is 0 Å². The zero-order chi connectivity index (χ0) is 6.83. The first-order valence-corrected chi connectivity index (χ1v) is 4.54. The van der Waals surface area contributed by atoms with Crippen LogP contribution in [0, 0.1) is 0 Å². The van der Waals surface area contributed by atoms with Gasteiger partial charge in [-0.25, -0.2) is 0 Å². The summed E-state index contributed by atoms with van der Waals surface area (Å²) in [6.07, 6.45) is 2.67. The molecule has 0 atom stereocenters. The number of halogens is 2. The second kappa shape index (κ2) is 15.7. The third-order valence-corrected chi connectivity index (χ3v) is 0.966. The Labute approximate surface area is 72.9 Å². The molecule has 0 spiro atoms. The molecule has 0 heterocycles. The van der Waals surface area contributed by atoms with Gasteiger partial charge in [-0.3, -0.25) is 0 Å². The molecule has 0 fully saturated rings. The molecule has 3 heteroatoms. The van der Waals surface area contributed by atoms with Crippen molar-refractivity contribution in [2.45, 2.75) is 25.0 Å². The van der Waals surface area contributed by atoms with Crippen LogP contribution in [-0.4, -0.2) is 21.6 Å². The van der Waals surface area contributed by atoms with E-state index in [0.717, 1.165) is 0 Å². The quantitative estimate of drug-likeness (QED) is 0.442. The number of rotatable bonds is 2. The van der Waals surface area contributed by atoms with Crippen molar-refractivity contribution in [1.29, 1.82) is 0 Å². The Bertz CT molecular complexity index is 31.6. The van der Waals surface area contributed by atoms with Gasteiger partial charge in [-0.05, 0) is 0 Å². The predicted molar refractivity (Wildman–Crippen MR) is 44.3 cm³/mol. The molecule has 0 aliphatic heterocycles. The van der Waals surface area contributed by atoms with E-state index >= 15 is 0 Å². The molecule has 8 heavy (non-hydrogen) atoms. The van der Waals surface area contributed by atoms with E-state index in [1.165, 1.54) is 18.1 Å². The van der Waals surface area contributed by atoms with E-state index in [-0.39, 0.29) is 8.19 Å². The Morgan fingerprint density at radius 1 is 1.50 bits per heavy atom. The number of hydrogen-bond donors (Lipinski definition) is 0. The first-order chi connectivity index (χ1) is 3.83. The largest absolute Gasteiger partial charge is 1.00 e. The van der Waals surface area contributed by atoms with Gasteiger partial charge in [0, 0.05) is 0 Å². The van der Waals surface area contributed by atoms with Gasteiger partial charge < -0.3 is 2.85 Å². The van der Waals surface area contributed by atoms with E-state index in [1.54, 1.807) is 0 Å². The van der Waals surface area contributed by atoms with Crippen LogP contribution in [0.1, 0.15) is 22.6 Å². The van der Waals surface area contributed by atoms with Crippen molar-refractivity contribution >= 4 is 39.5 Å². The summed E-state index contributed by atoms with van der Waals surface area (Å²) in [6, 6.07) is 0. The van der Waals surface area contributed by atoms with Gasteiger partial charge in [0.05, 0.1) is 5.34 Å². The van der Waals surface area contributed by atoms with E-state index in [0.29, 0.717) is 0 Å². The van der Waals surface area contributed by atoms with Crippen molar-refractivity contribution in [3.05, 3.63) is 0 Å². The summed E-state index contributed by atoms with van der Waals surface area (Å²) >= 11 is 12.2. The minimum atomic E-state index is 0.